The number of rotatable bonds is 8. The molecule has 0 radical (unpaired) electrons. The molecule has 0 saturated carbocycles. The first-order valence-corrected chi connectivity index (χ1v) is 12.6. The second kappa shape index (κ2) is 14.7. The van der Waals surface area contributed by atoms with Crippen molar-refractivity contribution in [3.8, 4) is 0 Å². The zero-order chi connectivity index (χ0) is 27.3. The van der Waals surface area contributed by atoms with Crippen molar-refractivity contribution in [2.24, 2.45) is 11.8 Å². The van der Waals surface area contributed by atoms with Crippen molar-refractivity contribution in [2.45, 2.75) is 37.8 Å². The van der Waals surface area contributed by atoms with Gasteiger partial charge in [0, 0.05) is 0 Å². The molecule has 1 aliphatic rings. The summed E-state index contributed by atoms with van der Waals surface area (Å²) in [5.41, 5.74) is 1.88. The summed E-state index contributed by atoms with van der Waals surface area (Å²) in [5, 5.41) is 15.1. The first kappa shape index (κ1) is 28.6. The number of benzene rings is 2. The minimum absolute atomic E-state index is 0.0438. The highest BCUT2D eigenvalue weighted by molar-refractivity contribution is 6.01. The van der Waals surface area contributed by atoms with E-state index in [1.165, 1.54) is 0 Å². The van der Waals surface area contributed by atoms with Crippen molar-refractivity contribution in [2.75, 3.05) is 20.3 Å². The fraction of sp³-hybridized carbons (Fsp3) is 0.379. The Morgan fingerprint density at radius 3 is 2.29 bits per heavy atom. The number of hydrogen-bond acceptors (Lipinski definition) is 7. The van der Waals surface area contributed by atoms with E-state index < -0.39 is 54.3 Å². The molecule has 38 heavy (non-hydrogen) atoms. The average molecular weight is 523 g/mol. The quantitative estimate of drug-likeness (QED) is 0.273. The van der Waals surface area contributed by atoms with Crippen molar-refractivity contribution in [3.63, 3.8) is 0 Å². The van der Waals surface area contributed by atoms with Crippen LogP contribution in [0, 0.1) is 11.8 Å². The molecule has 1 aliphatic heterocycles. The molecule has 0 aromatic heterocycles. The number of carbonyl (C=O) groups excluding carboxylic acids is 4. The van der Waals surface area contributed by atoms with Gasteiger partial charge in [0.1, 0.15) is 12.5 Å². The average Bonchev–Trinajstić information content (AvgIpc) is 2.93. The van der Waals surface area contributed by atoms with E-state index in [1.807, 2.05) is 60.7 Å². The van der Waals surface area contributed by atoms with E-state index in [1.54, 1.807) is 12.2 Å². The standard InChI is InChI=1S/C29H34N2O7/c1-37-29(36)25-19-38-28(35)22(16-20-10-4-2-5-11-20)14-8-9-15-24(27(34)31-25)26(33)30-23(18-32)17-21-12-6-3-7-13-21/h2-13,22-25,32H,14-19H2,1H3,(H,30,33)(H,31,34)/t22?,23-,24?,25?/m1/s1. The number of allylic oxidation sites excluding steroid dienone is 2. The van der Waals surface area contributed by atoms with Crippen LogP contribution in [0.3, 0.4) is 0 Å². The molecular formula is C29H34N2O7. The van der Waals surface area contributed by atoms with Crippen molar-refractivity contribution >= 4 is 23.8 Å². The van der Waals surface area contributed by atoms with Gasteiger partial charge >= 0.3 is 11.9 Å². The highest BCUT2D eigenvalue weighted by Crippen LogP contribution is 2.18. The number of amides is 2. The minimum atomic E-state index is -1.27. The van der Waals surface area contributed by atoms with Gasteiger partial charge in [-0.1, -0.05) is 72.8 Å². The van der Waals surface area contributed by atoms with Gasteiger partial charge in [-0.25, -0.2) is 4.79 Å². The van der Waals surface area contributed by atoms with E-state index >= 15 is 0 Å². The fourth-order valence-electron chi connectivity index (χ4n) is 4.22. The molecule has 3 unspecified atom stereocenters. The van der Waals surface area contributed by atoms with E-state index in [0.29, 0.717) is 19.3 Å². The summed E-state index contributed by atoms with van der Waals surface area (Å²) in [6.07, 6.45) is 4.63. The van der Waals surface area contributed by atoms with Crippen LogP contribution in [0.15, 0.2) is 72.8 Å². The van der Waals surface area contributed by atoms with Crippen molar-refractivity contribution in [1.82, 2.24) is 10.6 Å². The third-order valence-corrected chi connectivity index (χ3v) is 6.34. The van der Waals surface area contributed by atoms with Crippen LogP contribution in [-0.4, -0.2) is 61.3 Å². The fourth-order valence-corrected chi connectivity index (χ4v) is 4.22. The number of nitrogens with one attached hydrogen (secondary N) is 2. The number of methoxy groups -OCH3 is 1. The maximum absolute atomic E-state index is 13.2. The number of aliphatic hydroxyl groups excluding tert-OH is 1. The maximum atomic E-state index is 13.2. The highest BCUT2D eigenvalue weighted by Gasteiger charge is 2.33. The lowest BCUT2D eigenvalue weighted by atomic mass is 9.94. The zero-order valence-electron chi connectivity index (χ0n) is 21.4. The van der Waals surface area contributed by atoms with E-state index in [0.717, 1.165) is 18.2 Å². The number of esters is 2. The summed E-state index contributed by atoms with van der Waals surface area (Å²) in [7, 11) is 1.16. The van der Waals surface area contributed by atoms with Gasteiger partial charge in [-0.15, -0.1) is 0 Å². The predicted octanol–water partition coefficient (Wildman–Crippen LogP) is 1.73. The van der Waals surface area contributed by atoms with Crippen LogP contribution in [0.25, 0.3) is 0 Å². The lowest BCUT2D eigenvalue weighted by Crippen LogP contribution is -2.52. The van der Waals surface area contributed by atoms with Crippen LogP contribution >= 0.6 is 0 Å². The van der Waals surface area contributed by atoms with Gasteiger partial charge in [0.05, 0.1) is 25.7 Å². The van der Waals surface area contributed by atoms with Crippen LogP contribution < -0.4 is 10.6 Å². The molecule has 0 fully saturated rings. The van der Waals surface area contributed by atoms with Crippen LogP contribution in [0.1, 0.15) is 24.0 Å². The topological polar surface area (TPSA) is 131 Å². The van der Waals surface area contributed by atoms with E-state index in [9.17, 15) is 24.3 Å². The first-order chi connectivity index (χ1) is 18.4. The summed E-state index contributed by atoms with van der Waals surface area (Å²) < 4.78 is 10.2. The second-order valence-corrected chi connectivity index (χ2v) is 9.17. The van der Waals surface area contributed by atoms with Gasteiger partial charge in [-0.2, -0.15) is 0 Å². The number of hydrogen-bond donors (Lipinski definition) is 3. The third kappa shape index (κ3) is 8.55. The molecule has 9 heteroatoms. The largest absolute Gasteiger partial charge is 0.467 e. The Labute approximate surface area is 222 Å². The Morgan fingerprint density at radius 2 is 1.66 bits per heavy atom. The number of aliphatic hydroxyl groups is 1. The molecule has 0 bridgehead atoms. The first-order valence-electron chi connectivity index (χ1n) is 12.6. The molecule has 3 rings (SSSR count). The second-order valence-electron chi connectivity index (χ2n) is 9.17. The molecule has 202 valence electrons. The lowest BCUT2D eigenvalue weighted by molar-refractivity contribution is -0.155. The van der Waals surface area contributed by atoms with Crippen molar-refractivity contribution in [3.05, 3.63) is 83.9 Å². The summed E-state index contributed by atoms with van der Waals surface area (Å²) >= 11 is 0. The van der Waals surface area contributed by atoms with E-state index in [-0.39, 0.29) is 13.0 Å². The van der Waals surface area contributed by atoms with Gasteiger partial charge in [-0.05, 0) is 36.8 Å². The molecule has 3 N–H and O–H groups in total. The molecule has 0 aliphatic carbocycles. The zero-order valence-corrected chi connectivity index (χ0v) is 21.4. The molecule has 9 nitrogen and oxygen atoms in total. The lowest BCUT2D eigenvalue weighted by Gasteiger charge is -2.24. The number of carbonyl (C=O) groups is 4. The monoisotopic (exact) mass is 522 g/mol. The molecular weight excluding hydrogens is 488 g/mol. The van der Waals surface area contributed by atoms with Gasteiger partial charge in [0.2, 0.25) is 11.8 Å². The molecule has 0 spiro atoms. The summed E-state index contributed by atoms with van der Waals surface area (Å²) in [5.74, 6) is -4.28. The SMILES string of the molecule is COC(=O)C1COC(=O)C(Cc2ccccc2)CC=CCC(C(=O)N[C@@H](CO)Cc2ccccc2)C(=O)N1. The van der Waals surface area contributed by atoms with Crippen LogP contribution in [0.4, 0.5) is 0 Å². The number of ether oxygens (including phenoxy) is 2. The van der Waals surface area contributed by atoms with Crippen molar-refractivity contribution < 1.29 is 33.8 Å². The highest BCUT2D eigenvalue weighted by atomic mass is 16.5. The molecule has 4 atom stereocenters. The molecule has 2 aromatic rings. The Balaban J connectivity index is 1.78. The molecule has 1 heterocycles. The third-order valence-electron chi connectivity index (χ3n) is 6.34. The molecule has 0 saturated heterocycles. The Hall–Kier alpha value is -3.98. The minimum Gasteiger partial charge on any atom is -0.467 e. The number of cyclic esters (lactones) is 1. The predicted molar refractivity (Wildman–Crippen MR) is 140 cm³/mol. The van der Waals surface area contributed by atoms with Crippen LogP contribution in [-0.2, 0) is 41.5 Å². The van der Waals surface area contributed by atoms with Gasteiger partial charge in [-0.3, -0.25) is 14.4 Å². The Kier molecular flexibility index (Phi) is 11.0. The summed E-state index contributed by atoms with van der Waals surface area (Å²) in [6.45, 7) is -0.736. The normalized spacial score (nSPS) is 21.2. The smallest absolute Gasteiger partial charge is 0.331 e. The molecule has 2 amide bonds. The Bertz CT molecular complexity index is 1100. The summed E-state index contributed by atoms with van der Waals surface area (Å²) in [6, 6.07) is 17.0. The Morgan fingerprint density at radius 1 is 1.03 bits per heavy atom. The maximum Gasteiger partial charge on any atom is 0.331 e. The van der Waals surface area contributed by atoms with Crippen molar-refractivity contribution in [1.29, 1.82) is 0 Å². The van der Waals surface area contributed by atoms with E-state index in [4.69, 9.17) is 9.47 Å². The van der Waals surface area contributed by atoms with E-state index in [2.05, 4.69) is 10.6 Å². The summed E-state index contributed by atoms with van der Waals surface area (Å²) in [4.78, 5) is 51.4. The van der Waals surface area contributed by atoms with Crippen LogP contribution in [0.5, 0.6) is 0 Å². The van der Waals surface area contributed by atoms with Gasteiger partial charge in [0.15, 0.2) is 6.04 Å². The molecule has 2 aromatic carbocycles. The van der Waals surface area contributed by atoms with Crippen LogP contribution in [0.2, 0.25) is 0 Å². The van der Waals surface area contributed by atoms with Gasteiger partial charge in [0.25, 0.3) is 0 Å². The van der Waals surface area contributed by atoms with Gasteiger partial charge < -0.3 is 25.2 Å².